The first-order chi connectivity index (χ1) is 10.7. The molecule has 108 valence electrons. The molecule has 22 heavy (non-hydrogen) atoms. The summed E-state index contributed by atoms with van der Waals surface area (Å²) in [5.41, 5.74) is 4.92. The lowest BCUT2D eigenvalue weighted by Crippen LogP contribution is -1.93. The number of hydrogen-bond acceptors (Lipinski definition) is 2. The number of hydrogen-bond donors (Lipinski definition) is 1. The van der Waals surface area contributed by atoms with Gasteiger partial charge in [-0.2, -0.15) is 0 Å². The highest BCUT2D eigenvalue weighted by molar-refractivity contribution is 7.26. The summed E-state index contributed by atoms with van der Waals surface area (Å²) in [5.74, 6) is 0. The zero-order valence-electron chi connectivity index (χ0n) is 12.7. The SMILES string of the molecule is Cc1cc(Nc2ccccc2C)c2sc3ccccc3c2c1. The summed E-state index contributed by atoms with van der Waals surface area (Å²) in [6, 6.07) is 21.6. The van der Waals surface area contributed by atoms with Gasteiger partial charge in [0, 0.05) is 21.2 Å². The Kier molecular flexibility index (Phi) is 3.12. The van der Waals surface area contributed by atoms with Crippen molar-refractivity contribution in [1.29, 1.82) is 0 Å². The van der Waals surface area contributed by atoms with E-state index in [2.05, 4.69) is 79.8 Å². The fraction of sp³-hybridized carbons (Fsp3) is 0.100. The lowest BCUT2D eigenvalue weighted by molar-refractivity contribution is 1.43. The molecule has 4 rings (SSSR count). The smallest absolute Gasteiger partial charge is 0.0590 e. The van der Waals surface area contributed by atoms with Crippen molar-refractivity contribution in [2.45, 2.75) is 13.8 Å². The minimum atomic E-state index is 1.17. The van der Waals surface area contributed by atoms with Crippen molar-refractivity contribution in [2.24, 2.45) is 0 Å². The predicted octanol–water partition coefficient (Wildman–Crippen LogP) is 6.41. The predicted molar refractivity (Wildman–Crippen MR) is 98.5 cm³/mol. The highest BCUT2D eigenvalue weighted by Crippen LogP contribution is 2.40. The Morgan fingerprint density at radius 3 is 2.41 bits per heavy atom. The quantitative estimate of drug-likeness (QED) is 0.451. The van der Waals surface area contributed by atoms with Crippen LogP contribution < -0.4 is 5.32 Å². The summed E-state index contributed by atoms with van der Waals surface area (Å²) >= 11 is 1.86. The molecule has 2 heteroatoms. The van der Waals surface area contributed by atoms with Gasteiger partial charge in [-0.05, 0) is 49.2 Å². The van der Waals surface area contributed by atoms with Crippen LogP contribution in [0.25, 0.3) is 20.2 Å². The van der Waals surface area contributed by atoms with Gasteiger partial charge >= 0.3 is 0 Å². The first-order valence-electron chi connectivity index (χ1n) is 7.47. The fourth-order valence-electron chi connectivity index (χ4n) is 2.92. The molecule has 0 aliphatic rings. The van der Waals surface area contributed by atoms with Crippen molar-refractivity contribution >= 4 is 42.9 Å². The molecule has 0 radical (unpaired) electrons. The lowest BCUT2D eigenvalue weighted by Gasteiger charge is -2.11. The van der Waals surface area contributed by atoms with Gasteiger partial charge in [0.05, 0.1) is 10.4 Å². The molecule has 1 N–H and O–H groups in total. The third-order valence-corrected chi connectivity index (χ3v) is 5.26. The van der Waals surface area contributed by atoms with E-state index in [1.807, 2.05) is 11.3 Å². The van der Waals surface area contributed by atoms with E-state index >= 15 is 0 Å². The normalized spacial score (nSPS) is 11.2. The van der Waals surface area contributed by atoms with Crippen LogP contribution in [0.3, 0.4) is 0 Å². The Balaban J connectivity index is 1.95. The minimum Gasteiger partial charge on any atom is -0.354 e. The average molecular weight is 303 g/mol. The van der Waals surface area contributed by atoms with Crippen LogP contribution in [0.15, 0.2) is 60.7 Å². The third kappa shape index (κ3) is 2.16. The number of rotatable bonds is 2. The van der Waals surface area contributed by atoms with Gasteiger partial charge in [-0.3, -0.25) is 0 Å². The zero-order valence-corrected chi connectivity index (χ0v) is 13.5. The summed E-state index contributed by atoms with van der Waals surface area (Å²) in [6.45, 7) is 4.30. The van der Waals surface area contributed by atoms with Crippen LogP contribution in [0.4, 0.5) is 11.4 Å². The summed E-state index contributed by atoms with van der Waals surface area (Å²) in [7, 11) is 0. The highest BCUT2D eigenvalue weighted by atomic mass is 32.1. The van der Waals surface area contributed by atoms with E-state index in [1.54, 1.807) is 0 Å². The third-order valence-electron chi connectivity index (χ3n) is 4.04. The molecule has 0 bridgehead atoms. The van der Waals surface area contributed by atoms with Crippen molar-refractivity contribution in [3.63, 3.8) is 0 Å². The van der Waals surface area contributed by atoms with Crippen LogP contribution in [-0.2, 0) is 0 Å². The maximum Gasteiger partial charge on any atom is 0.0590 e. The molecule has 0 saturated heterocycles. The number of benzene rings is 3. The molecule has 4 aromatic rings. The van der Waals surface area contributed by atoms with Crippen LogP contribution in [0.5, 0.6) is 0 Å². The second-order valence-corrected chi connectivity index (χ2v) is 6.78. The van der Waals surface area contributed by atoms with Gasteiger partial charge in [-0.25, -0.2) is 0 Å². The average Bonchev–Trinajstić information content (AvgIpc) is 2.88. The van der Waals surface area contributed by atoms with E-state index in [4.69, 9.17) is 0 Å². The summed E-state index contributed by atoms with van der Waals surface area (Å²) in [6.07, 6.45) is 0. The highest BCUT2D eigenvalue weighted by Gasteiger charge is 2.10. The van der Waals surface area contributed by atoms with Crippen molar-refractivity contribution < 1.29 is 0 Å². The van der Waals surface area contributed by atoms with Gasteiger partial charge in [0.2, 0.25) is 0 Å². The molecule has 0 aliphatic carbocycles. The van der Waals surface area contributed by atoms with E-state index in [1.165, 1.54) is 42.7 Å². The van der Waals surface area contributed by atoms with E-state index in [0.29, 0.717) is 0 Å². The Bertz CT molecular complexity index is 982. The fourth-order valence-corrected chi connectivity index (χ4v) is 4.08. The number of thiophene rings is 1. The number of para-hydroxylation sites is 1. The van der Waals surface area contributed by atoms with Gasteiger partial charge < -0.3 is 5.32 Å². The van der Waals surface area contributed by atoms with Crippen LogP contribution in [-0.4, -0.2) is 0 Å². The summed E-state index contributed by atoms with van der Waals surface area (Å²) in [4.78, 5) is 0. The van der Waals surface area contributed by atoms with E-state index in [9.17, 15) is 0 Å². The molecular formula is C20H17NS. The van der Waals surface area contributed by atoms with Gasteiger partial charge in [0.15, 0.2) is 0 Å². The Labute approximate surface area is 134 Å². The molecule has 0 spiro atoms. The van der Waals surface area contributed by atoms with Crippen molar-refractivity contribution in [2.75, 3.05) is 5.32 Å². The summed E-state index contributed by atoms with van der Waals surface area (Å²) in [5, 5.41) is 6.32. The molecule has 3 aromatic carbocycles. The van der Waals surface area contributed by atoms with Crippen molar-refractivity contribution in [3.8, 4) is 0 Å². The second-order valence-electron chi connectivity index (χ2n) is 5.73. The van der Waals surface area contributed by atoms with E-state index in [-0.39, 0.29) is 0 Å². The lowest BCUT2D eigenvalue weighted by atomic mass is 10.1. The molecule has 1 heterocycles. The zero-order chi connectivity index (χ0) is 15.1. The number of fused-ring (bicyclic) bond motifs is 3. The van der Waals surface area contributed by atoms with Crippen molar-refractivity contribution in [3.05, 3.63) is 71.8 Å². The Hall–Kier alpha value is -2.32. The first kappa shape index (κ1) is 13.4. The molecular weight excluding hydrogens is 286 g/mol. The molecule has 0 fully saturated rings. The van der Waals surface area contributed by atoms with Crippen LogP contribution in [0, 0.1) is 13.8 Å². The molecule has 1 nitrogen and oxygen atoms in total. The Morgan fingerprint density at radius 1 is 0.773 bits per heavy atom. The van der Waals surface area contributed by atoms with E-state index in [0.717, 1.165) is 0 Å². The molecule has 0 amide bonds. The maximum atomic E-state index is 3.63. The van der Waals surface area contributed by atoms with Gasteiger partial charge in [0.25, 0.3) is 0 Å². The standard InChI is InChI=1S/C20H17NS/c1-13-11-16-15-8-4-6-10-19(15)22-20(16)18(12-13)21-17-9-5-3-7-14(17)2/h3-12,21H,1-2H3. The molecule has 0 saturated carbocycles. The maximum absolute atomic E-state index is 3.63. The van der Waals surface area contributed by atoms with Gasteiger partial charge in [0.1, 0.15) is 0 Å². The molecule has 0 atom stereocenters. The number of nitrogens with one attached hydrogen (secondary N) is 1. The molecule has 0 aliphatic heterocycles. The van der Waals surface area contributed by atoms with Crippen LogP contribution >= 0.6 is 11.3 Å². The molecule has 1 aromatic heterocycles. The largest absolute Gasteiger partial charge is 0.354 e. The summed E-state index contributed by atoms with van der Waals surface area (Å²) < 4.78 is 2.67. The van der Waals surface area contributed by atoms with Gasteiger partial charge in [-0.1, -0.05) is 36.4 Å². The Morgan fingerprint density at radius 2 is 1.55 bits per heavy atom. The molecule has 0 unspecified atom stereocenters. The van der Waals surface area contributed by atoms with Gasteiger partial charge in [-0.15, -0.1) is 11.3 Å². The number of aryl methyl sites for hydroxylation is 2. The van der Waals surface area contributed by atoms with Crippen molar-refractivity contribution in [1.82, 2.24) is 0 Å². The minimum absolute atomic E-state index is 1.17. The van der Waals surface area contributed by atoms with Crippen LogP contribution in [0.1, 0.15) is 11.1 Å². The topological polar surface area (TPSA) is 12.0 Å². The first-order valence-corrected chi connectivity index (χ1v) is 8.28. The van der Waals surface area contributed by atoms with Crippen LogP contribution in [0.2, 0.25) is 0 Å². The number of anilines is 2. The second kappa shape index (κ2) is 5.15. The monoisotopic (exact) mass is 303 g/mol. The van der Waals surface area contributed by atoms with E-state index < -0.39 is 0 Å².